The molecule has 23 heavy (non-hydrogen) atoms. The Balaban J connectivity index is 4.50. The fourth-order valence-electron chi connectivity index (χ4n) is 3.13. The van der Waals surface area contributed by atoms with Crippen LogP contribution in [0.4, 0.5) is 0 Å². The van der Waals surface area contributed by atoms with Crippen molar-refractivity contribution in [2.45, 2.75) is 85.0 Å². The molecule has 0 aliphatic rings. The predicted molar refractivity (Wildman–Crippen MR) is 102 cm³/mol. The maximum atomic E-state index is 11.8. The second-order valence-electron chi connectivity index (χ2n) is 6.83. The van der Waals surface area contributed by atoms with Crippen LogP contribution in [0.3, 0.4) is 0 Å². The first-order chi connectivity index (χ1) is 11.0. The Morgan fingerprint density at radius 2 is 1.13 bits per heavy atom. The summed E-state index contributed by atoms with van der Waals surface area (Å²) >= 11 is 0. The van der Waals surface area contributed by atoms with Crippen LogP contribution in [0.2, 0.25) is 0 Å². The van der Waals surface area contributed by atoms with E-state index in [1.165, 1.54) is 63.2 Å². The summed E-state index contributed by atoms with van der Waals surface area (Å²) in [5.74, 6) is -0.735. The summed E-state index contributed by atoms with van der Waals surface area (Å²) in [6.45, 7) is 6.80. The number of carboxylic acid groups (broad SMARTS) is 1. The van der Waals surface area contributed by atoms with Gasteiger partial charge in [0.25, 0.3) is 0 Å². The van der Waals surface area contributed by atoms with Gasteiger partial charge in [0.2, 0.25) is 0 Å². The topological polar surface area (TPSA) is 54.4 Å². The molecular weight excluding hydrogens is 307 g/mol. The van der Waals surface area contributed by atoms with Gasteiger partial charge in [-0.15, -0.1) is 0 Å². The Bertz CT molecular complexity index is 307. The molecule has 0 rings (SSSR count). The molecule has 0 saturated carbocycles. The van der Waals surface area contributed by atoms with Crippen molar-refractivity contribution in [1.82, 2.24) is 0 Å². The zero-order chi connectivity index (χ0) is 17.6. The maximum Gasteiger partial charge on any atom is 0.303 e. The van der Waals surface area contributed by atoms with Gasteiger partial charge >= 0.3 is 5.97 Å². The van der Waals surface area contributed by atoms with Crippen LogP contribution < -0.4 is 0 Å². The molecular formula is C19H38O3P+. The van der Waals surface area contributed by atoms with Gasteiger partial charge in [0.15, 0.2) is 0 Å². The summed E-state index contributed by atoms with van der Waals surface area (Å²) in [4.78, 5) is 22.4. The standard InChI is InChI=1S/C19H37O3P/c1-4-7-14-23(15-8-5-2,16-9-6-3)17-10-11-18(20)12-13-19(21)22/h4-17H2,1-3H3/p+1. The van der Waals surface area contributed by atoms with E-state index in [0.717, 1.165) is 6.42 Å². The molecule has 4 heteroatoms. The van der Waals surface area contributed by atoms with Crippen LogP contribution in [0.1, 0.15) is 85.0 Å². The molecule has 0 aliphatic carbocycles. The van der Waals surface area contributed by atoms with Crippen molar-refractivity contribution in [3.63, 3.8) is 0 Å². The lowest BCUT2D eigenvalue weighted by molar-refractivity contribution is -0.138. The molecule has 0 aliphatic heterocycles. The van der Waals surface area contributed by atoms with Crippen LogP contribution >= 0.6 is 7.26 Å². The minimum atomic E-state index is -0.909. The van der Waals surface area contributed by atoms with E-state index in [-0.39, 0.29) is 18.6 Å². The quantitative estimate of drug-likeness (QED) is 0.369. The van der Waals surface area contributed by atoms with E-state index in [1.54, 1.807) is 0 Å². The monoisotopic (exact) mass is 345 g/mol. The van der Waals surface area contributed by atoms with Gasteiger partial charge in [0, 0.05) is 20.1 Å². The van der Waals surface area contributed by atoms with Gasteiger partial charge in [-0.2, -0.15) is 0 Å². The van der Waals surface area contributed by atoms with E-state index in [2.05, 4.69) is 20.8 Å². The van der Waals surface area contributed by atoms with Crippen LogP contribution in [0.5, 0.6) is 0 Å². The lowest BCUT2D eigenvalue weighted by Crippen LogP contribution is -2.14. The number of ketones is 1. The largest absolute Gasteiger partial charge is 0.481 e. The van der Waals surface area contributed by atoms with Gasteiger partial charge in [-0.3, -0.25) is 9.59 Å². The van der Waals surface area contributed by atoms with Crippen LogP contribution in [-0.2, 0) is 9.59 Å². The molecule has 1 N–H and O–H groups in total. The molecule has 136 valence electrons. The minimum Gasteiger partial charge on any atom is -0.481 e. The van der Waals surface area contributed by atoms with Gasteiger partial charge in [-0.25, -0.2) is 0 Å². The highest BCUT2D eigenvalue weighted by atomic mass is 31.2. The molecule has 0 unspecified atom stereocenters. The van der Waals surface area contributed by atoms with E-state index in [1.807, 2.05) is 0 Å². The van der Waals surface area contributed by atoms with Gasteiger partial charge in [0.1, 0.15) is 5.78 Å². The molecule has 0 atom stereocenters. The molecule has 0 radical (unpaired) electrons. The number of carbonyl (C=O) groups excluding carboxylic acids is 1. The number of hydrogen-bond donors (Lipinski definition) is 1. The summed E-state index contributed by atoms with van der Waals surface area (Å²) in [5.41, 5.74) is 0. The molecule has 0 aromatic rings. The first-order valence-electron chi connectivity index (χ1n) is 9.58. The molecule has 0 spiro atoms. The zero-order valence-corrected chi connectivity index (χ0v) is 16.5. The van der Waals surface area contributed by atoms with Crippen molar-refractivity contribution in [3.05, 3.63) is 0 Å². The molecule has 0 heterocycles. The first kappa shape index (κ1) is 22.6. The minimum absolute atomic E-state index is 0.0133. The normalized spacial score (nSPS) is 11.6. The maximum absolute atomic E-state index is 11.8. The molecule has 0 bridgehead atoms. The Morgan fingerprint density at radius 3 is 1.52 bits per heavy atom. The van der Waals surface area contributed by atoms with Gasteiger partial charge in [0.05, 0.1) is 31.1 Å². The van der Waals surface area contributed by atoms with Crippen molar-refractivity contribution in [2.24, 2.45) is 0 Å². The van der Waals surface area contributed by atoms with Crippen molar-refractivity contribution in [3.8, 4) is 0 Å². The van der Waals surface area contributed by atoms with Crippen LogP contribution in [0.25, 0.3) is 0 Å². The first-order valence-corrected chi connectivity index (χ1v) is 12.1. The number of rotatable bonds is 16. The summed E-state index contributed by atoms with van der Waals surface area (Å²) in [5, 5.41) is 8.66. The van der Waals surface area contributed by atoms with E-state index >= 15 is 0 Å². The van der Waals surface area contributed by atoms with E-state index in [9.17, 15) is 9.59 Å². The van der Waals surface area contributed by atoms with Crippen LogP contribution in [0.15, 0.2) is 0 Å². The number of carboxylic acids is 1. The fourth-order valence-corrected chi connectivity index (χ4v) is 8.27. The van der Waals surface area contributed by atoms with E-state index in [0.29, 0.717) is 6.42 Å². The third-order valence-electron chi connectivity index (χ3n) is 4.66. The molecule has 0 aromatic carbocycles. The lowest BCUT2D eigenvalue weighted by Gasteiger charge is -2.28. The Kier molecular flexibility index (Phi) is 13.7. The lowest BCUT2D eigenvalue weighted by atomic mass is 10.1. The second-order valence-corrected chi connectivity index (χ2v) is 11.3. The molecule has 3 nitrogen and oxygen atoms in total. The van der Waals surface area contributed by atoms with Crippen molar-refractivity contribution >= 4 is 19.0 Å². The average molecular weight is 345 g/mol. The smallest absolute Gasteiger partial charge is 0.303 e. The van der Waals surface area contributed by atoms with Crippen molar-refractivity contribution in [2.75, 3.05) is 24.6 Å². The third-order valence-corrected chi connectivity index (χ3v) is 9.72. The van der Waals surface area contributed by atoms with Crippen LogP contribution in [-0.4, -0.2) is 41.5 Å². The number of aliphatic carboxylic acids is 1. The summed E-state index contributed by atoms with van der Waals surface area (Å²) in [6, 6.07) is 0. The van der Waals surface area contributed by atoms with Gasteiger partial charge in [-0.05, 0) is 25.7 Å². The number of hydrogen-bond acceptors (Lipinski definition) is 2. The second kappa shape index (κ2) is 14.0. The number of carbonyl (C=O) groups is 2. The van der Waals surface area contributed by atoms with E-state index in [4.69, 9.17) is 5.11 Å². The van der Waals surface area contributed by atoms with E-state index < -0.39 is 13.2 Å². The highest BCUT2D eigenvalue weighted by molar-refractivity contribution is 7.75. The van der Waals surface area contributed by atoms with Crippen molar-refractivity contribution in [1.29, 1.82) is 0 Å². The SMILES string of the molecule is CCCC[P+](CCCC)(CCCC)CCCC(=O)CCC(=O)O. The predicted octanol–water partition coefficient (Wildman–Crippen LogP) is 5.62. The zero-order valence-electron chi connectivity index (χ0n) is 15.6. The molecule has 0 amide bonds. The number of Topliss-reactive ketones (excluding diaryl/α,β-unsaturated/α-hetero) is 1. The molecule has 0 aromatic heterocycles. The third kappa shape index (κ3) is 11.7. The van der Waals surface area contributed by atoms with Crippen molar-refractivity contribution < 1.29 is 14.7 Å². The summed E-state index contributed by atoms with van der Waals surface area (Å²) in [7, 11) is -0.909. The molecule has 0 saturated heterocycles. The Labute approximate surface area is 144 Å². The Morgan fingerprint density at radius 1 is 0.696 bits per heavy atom. The Hall–Kier alpha value is -0.430. The average Bonchev–Trinajstić information content (AvgIpc) is 2.54. The highest BCUT2D eigenvalue weighted by Crippen LogP contribution is 2.61. The summed E-state index contributed by atoms with van der Waals surface area (Å²) < 4.78 is 0. The highest BCUT2D eigenvalue weighted by Gasteiger charge is 2.34. The molecule has 0 fully saturated rings. The van der Waals surface area contributed by atoms with Crippen LogP contribution in [0, 0.1) is 0 Å². The van der Waals surface area contributed by atoms with Gasteiger partial charge in [-0.1, -0.05) is 40.0 Å². The number of unbranched alkanes of at least 4 members (excludes halogenated alkanes) is 3. The summed E-state index contributed by atoms with van der Waals surface area (Å²) in [6.07, 6.45) is 14.9. The van der Waals surface area contributed by atoms with Gasteiger partial charge < -0.3 is 5.11 Å². The fraction of sp³-hybridized carbons (Fsp3) is 0.895.